The summed E-state index contributed by atoms with van der Waals surface area (Å²) in [6, 6.07) is 21.8. The quantitative estimate of drug-likeness (QED) is 0.496. The number of carbonyl (C=O) groups is 2. The van der Waals surface area contributed by atoms with E-state index in [0.717, 1.165) is 11.4 Å². The van der Waals surface area contributed by atoms with Crippen molar-refractivity contribution in [1.82, 2.24) is 10.2 Å². The van der Waals surface area contributed by atoms with Gasteiger partial charge in [-0.15, -0.1) is 0 Å². The molecule has 0 atom stereocenters. The highest BCUT2D eigenvalue weighted by Gasteiger charge is 2.24. The lowest BCUT2D eigenvalue weighted by atomic mass is 10.1. The Morgan fingerprint density at radius 2 is 1.63 bits per heavy atom. The molecule has 0 bridgehead atoms. The minimum Gasteiger partial charge on any atom is -0.496 e. The van der Waals surface area contributed by atoms with Gasteiger partial charge in [-0.25, -0.2) is 0 Å². The Labute approximate surface area is 214 Å². The lowest BCUT2D eigenvalue weighted by molar-refractivity contribution is 0.0746. The minimum absolute atomic E-state index is 0.0389. The second kappa shape index (κ2) is 11.2. The number of ether oxygens (including phenoxy) is 1. The van der Waals surface area contributed by atoms with Gasteiger partial charge in [0.05, 0.1) is 24.0 Å². The number of hydrogen-bond acceptors (Lipinski definition) is 5. The van der Waals surface area contributed by atoms with Gasteiger partial charge in [0, 0.05) is 36.8 Å². The molecule has 7 nitrogen and oxygen atoms in total. The largest absolute Gasteiger partial charge is 0.496 e. The van der Waals surface area contributed by atoms with E-state index in [1.165, 1.54) is 13.2 Å². The highest BCUT2D eigenvalue weighted by atomic mass is 35.5. The van der Waals surface area contributed by atoms with E-state index >= 15 is 0 Å². The zero-order chi connectivity index (χ0) is 24.8. The Morgan fingerprint density at radius 3 is 2.34 bits per heavy atom. The van der Waals surface area contributed by atoms with Gasteiger partial charge in [0.2, 0.25) is 0 Å². The summed E-state index contributed by atoms with van der Waals surface area (Å²) in [7, 11) is 1.49. The number of rotatable bonds is 5. The third kappa shape index (κ3) is 5.90. The molecule has 2 amide bonds. The van der Waals surface area contributed by atoms with Crippen LogP contribution in [-0.4, -0.2) is 55.1 Å². The van der Waals surface area contributed by atoms with Crippen LogP contribution >= 0.6 is 23.8 Å². The first-order valence-corrected chi connectivity index (χ1v) is 11.9. The first-order valence-electron chi connectivity index (χ1n) is 11.1. The molecular formula is C26H25ClN4O3S. The zero-order valence-electron chi connectivity index (χ0n) is 19.2. The molecule has 2 N–H and O–H groups in total. The van der Waals surface area contributed by atoms with Crippen molar-refractivity contribution in [2.24, 2.45) is 0 Å². The summed E-state index contributed by atoms with van der Waals surface area (Å²) < 4.78 is 5.26. The van der Waals surface area contributed by atoms with Crippen molar-refractivity contribution >= 4 is 52.1 Å². The van der Waals surface area contributed by atoms with E-state index in [1.807, 2.05) is 59.5 Å². The first-order chi connectivity index (χ1) is 17.0. The van der Waals surface area contributed by atoms with Gasteiger partial charge in [-0.1, -0.05) is 41.9 Å². The summed E-state index contributed by atoms with van der Waals surface area (Å²) in [4.78, 5) is 29.6. The molecule has 180 valence electrons. The normalized spacial score (nSPS) is 13.2. The molecule has 3 aromatic rings. The summed E-state index contributed by atoms with van der Waals surface area (Å²) in [5.74, 6) is 0.0161. The van der Waals surface area contributed by atoms with Crippen LogP contribution in [0.1, 0.15) is 20.7 Å². The van der Waals surface area contributed by atoms with Crippen LogP contribution in [0.3, 0.4) is 0 Å². The van der Waals surface area contributed by atoms with Gasteiger partial charge in [-0.05, 0) is 54.7 Å². The highest BCUT2D eigenvalue weighted by molar-refractivity contribution is 7.80. The van der Waals surface area contributed by atoms with Gasteiger partial charge in [-0.2, -0.15) is 0 Å². The van der Waals surface area contributed by atoms with Crippen LogP contribution in [0.4, 0.5) is 11.4 Å². The summed E-state index contributed by atoms with van der Waals surface area (Å²) in [5.41, 5.74) is 2.69. The number of carbonyl (C=O) groups excluding carboxylic acids is 2. The number of methoxy groups -OCH3 is 1. The number of benzene rings is 3. The van der Waals surface area contributed by atoms with Gasteiger partial charge >= 0.3 is 0 Å². The van der Waals surface area contributed by atoms with E-state index in [1.54, 1.807) is 12.1 Å². The van der Waals surface area contributed by atoms with Crippen LogP contribution < -0.4 is 20.3 Å². The van der Waals surface area contributed by atoms with E-state index in [-0.39, 0.29) is 16.6 Å². The van der Waals surface area contributed by atoms with Gasteiger partial charge in [0.25, 0.3) is 11.8 Å². The fraction of sp³-hybridized carbons (Fsp3) is 0.192. The molecule has 1 aliphatic rings. The van der Waals surface area contributed by atoms with Crippen molar-refractivity contribution in [2.75, 3.05) is 43.5 Å². The molecule has 35 heavy (non-hydrogen) atoms. The van der Waals surface area contributed by atoms with Gasteiger partial charge in [0.15, 0.2) is 5.11 Å². The van der Waals surface area contributed by atoms with Gasteiger partial charge < -0.3 is 19.9 Å². The van der Waals surface area contributed by atoms with Crippen molar-refractivity contribution < 1.29 is 14.3 Å². The Balaban J connectivity index is 1.40. The van der Waals surface area contributed by atoms with E-state index in [2.05, 4.69) is 15.5 Å². The predicted molar refractivity (Wildman–Crippen MR) is 143 cm³/mol. The smallest absolute Gasteiger partial charge is 0.261 e. The monoisotopic (exact) mass is 508 g/mol. The second-order valence-corrected chi connectivity index (χ2v) is 8.76. The molecule has 9 heteroatoms. The SMILES string of the molecule is COc1ccc(Cl)cc1C(=O)NC(=S)Nc1ccccc1N1CCN(C(=O)c2ccccc2)CC1. The standard InChI is InChI=1S/C26H25ClN4O3S/c1-34-23-12-11-19(27)17-20(23)24(32)29-26(35)28-21-9-5-6-10-22(21)30-13-15-31(16-14-30)25(33)18-7-3-2-4-8-18/h2-12,17H,13-16H2,1H3,(H2,28,29,32,35). The van der Waals surface area contributed by atoms with Crippen LogP contribution in [0.5, 0.6) is 5.75 Å². The lowest BCUT2D eigenvalue weighted by Gasteiger charge is -2.37. The molecule has 4 rings (SSSR count). The second-order valence-electron chi connectivity index (χ2n) is 7.92. The van der Waals surface area contributed by atoms with Crippen LogP contribution in [0.2, 0.25) is 5.02 Å². The predicted octanol–water partition coefficient (Wildman–Crippen LogP) is 4.44. The van der Waals surface area contributed by atoms with E-state index in [4.69, 9.17) is 28.6 Å². The number of piperazine rings is 1. The summed E-state index contributed by atoms with van der Waals surface area (Å²) >= 11 is 11.4. The molecule has 0 unspecified atom stereocenters. The zero-order valence-corrected chi connectivity index (χ0v) is 20.7. The number of halogens is 1. The highest BCUT2D eigenvalue weighted by Crippen LogP contribution is 2.27. The number of nitrogens with zero attached hydrogens (tertiary/aromatic N) is 2. The number of para-hydroxylation sites is 2. The molecular weight excluding hydrogens is 484 g/mol. The number of hydrogen-bond donors (Lipinski definition) is 2. The Morgan fingerprint density at radius 1 is 0.943 bits per heavy atom. The Bertz CT molecular complexity index is 1230. The minimum atomic E-state index is -0.424. The summed E-state index contributed by atoms with van der Waals surface area (Å²) in [5, 5.41) is 6.39. The fourth-order valence-electron chi connectivity index (χ4n) is 3.95. The molecule has 0 radical (unpaired) electrons. The average Bonchev–Trinajstić information content (AvgIpc) is 2.89. The Hall–Kier alpha value is -3.62. The number of thiocarbonyl (C=S) groups is 1. The molecule has 1 fully saturated rings. The maximum Gasteiger partial charge on any atom is 0.261 e. The van der Waals surface area contributed by atoms with Crippen LogP contribution in [-0.2, 0) is 0 Å². The molecule has 1 heterocycles. The van der Waals surface area contributed by atoms with Crippen molar-refractivity contribution in [3.8, 4) is 5.75 Å². The molecule has 1 aliphatic heterocycles. The molecule has 0 aromatic heterocycles. The third-order valence-corrected chi connectivity index (χ3v) is 6.15. The molecule has 0 saturated carbocycles. The number of nitrogens with one attached hydrogen (secondary N) is 2. The summed E-state index contributed by atoms with van der Waals surface area (Å²) in [6.45, 7) is 2.57. The van der Waals surface area contributed by atoms with Gasteiger partial charge in [0.1, 0.15) is 5.75 Å². The first kappa shape index (κ1) is 24.5. The molecule has 0 spiro atoms. The topological polar surface area (TPSA) is 73.9 Å². The maximum atomic E-state index is 12.8. The number of amides is 2. The van der Waals surface area contributed by atoms with Crippen molar-refractivity contribution in [3.63, 3.8) is 0 Å². The molecule has 0 aliphatic carbocycles. The molecule has 1 saturated heterocycles. The lowest BCUT2D eigenvalue weighted by Crippen LogP contribution is -2.49. The number of anilines is 2. The van der Waals surface area contributed by atoms with Crippen LogP contribution in [0.25, 0.3) is 0 Å². The van der Waals surface area contributed by atoms with Crippen molar-refractivity contribution in [2.45, 2.75) is 0 Å². The third-order valence-electron chi connectivity index (χ3n) is 5.71. The Kier molecular flexibility index (Phi) is 7.84. The fourth-order valence-corrected chi connectivity index (χ4v) is 4.33. The maximum absolute atomic E-state index is 12.8. The van der Waals surface area contributed by atoms with Gasteiger partial charge in [-0.3, -0.25) is 14.9 Å². The van der Waals surface area contributed by atoms with E-state index < -0.39 is 5.91 Å². The van der Waals surface area contributed by atoms with Crippen LogP contribution in [0.15, 0.2) is 72.8 Å². The van der Waals surface area contributed by atoms with Crippen molar-refractivity contribution in [3.05, 3.63) is 88.9 Å². The van der Waals surface area contributed by atoms with Crippen LogP contribution in [0, 0.1) is 0 Å². The molecule has 3 aromatic carbocycles. The van der Waals surface area contributed by atoms with E-state index in [0.29, 0.717) is 42.5 Å². The summed E-state index contributed by atoms with van der Waals surface area (Å²) in [6.07, 6.45) is 0. The average molecular weight is 509 g/mol. The van der Waals surface area contributed by atoms with E-state index in [9.17, 15) is 9.59 Å². The van der Waals surface area contributed by atoms with Crippen molar-refractivity contribution in [1.29, 1.82) is 0 Å².